The van der Waals surface area contributed by atoms with Crippen LogP contribution in [-0.4, -0.2) is 39.5 Å². The summed E-state index contributed by atoms with van der Waals surface area (Å²) in [5.74, 6) is -0.390. The van der Waals surface area contributed by atoms with Crippen LogP contribution >= 0.6 is 0 Å². The zero-order chi connectivity index (χ0) is 26.4. The average molecular weight is 491 g/mol. The summed E-state index contributed by atoms with van der Waals surface area (Å²) in [4.78, 5) is 19.8. The van der Waals surface area contributed by atoms with Gasteiger partial charge in [-0.1, -0.05) is 84.8 Å². The SMILES string of the molecule is Bc1ccc(-c2cc(-c3ccc(N(C)C)cc3)c(N)c(OC(C(=O)OCC=C)c3ccccc3)n2)cc1. The number of carbonyl (C=O) groups is 1. The summed E-state index contributed by atoms with van der Waals surface area (Å²) in [6.07, 6.45) is 0.466. The van der Waals surface area contributed by atoms with E-state index in [4.69, 9.17) is 20.2 Å². The van der Waals surface area contributed by atoms with Crippen LogP contribution in [0.1, 0.15) is 11.7 Å². The minimum Gasteiger partial charge on any atom is -0.458 e. The highest BCUT2D eigenvalue weighted by Crippen LogP contribution is 2.38. The van der Waals surface area contributed by atoms with Crippen LogP contribution in [0.5, 0.6) is 5.88 Å². The molecule has 37 heavy (non-hydrogen) atoms. The molecule has 2 N–H and O–H groups in total. The molecule has 0 amide bonds. The predicted octanol–water partition coefficient (Wildman–Crippen LogP) is 4.17. The molecule has 3 aromatic carbocycles. The first kappa shape index (κ1) is 25.6. The van der Waals surface area contributed by atoms with E-state index in [9.17, 15) is 4.79 Å². The van der Waals surface area contributed by atoms with Crippen LogP contribution in [0.4, 0.5) is 11.4 Å². The lowest BCUT2D eigenvalue weighted by Crippen LogP contribution is -2.22. The lowest BCUT2D eigenvalue weighted by Gasteiger charge is -2.21. The maximum absolute atomic E-state index is 13.0. The highest BCUT2D eigenvalue weighted by molar-refractivity contribution is 6.32. The van der Waals surface area contributed by atoms with E-state index in [0.717, 1.165) is 27.8 Å². The predicted molar refractivity (Wildman–Crippen MR) is 153 cm³/mol. The molecule has 4 rings (SSSR count). The van der Waals surface area contributed by atoms with Crippen LogP contribution < -0.4 is 20.8 Å². The Labute approximate surface area is 218 Å². The van der Waals surface area contributed by atoms with Gasteiger partial charge in [-0.3, -0.25) is 0 Å². The zero-order valence-corrected chi connectivity index (χ0v) is 21.3. The van der Waals surface area contributed by atoms with Crippen LogP contribution in [0.2, 0.25) is 0 Å². The van der Waals surface area contributed by atoms with Gasteiger partial charge in [0.05, 0.1) is 5.69 Å². The Morgan fingerprint density at radius 2 is 1.68 bits per heavy atom. The number of nitrogens with zero attached hydrogens (tertiary/aromatic N) is 2. The van der Waals surface area contributed by atoms with Gasteiger partial charge in [-0.05, 0) is 23.8 Å². The lowest BCUT2D eigenvalue weighted by molar-refractivity contribution is -0.151. The highest BCUT2D eigenvalue weighted by atomic mass is 16.6. The number of nitrogens with two attached hydrogens (primary N) is 1. The number of ether oxygens (including phenoxy) is 2. The van der Waals surface area contributed by atoms with Crippen molar-refractivity contribution in [1.82, 2.24) is 4.98 Å². The van der Waals surface area contributed by atoms with Crippen LogP contribution in [0, 0.1) is 0 Å². The summed E-state index contributed by atoms with van der Waals surface area (Å²) in [5, 5.41) is 0. The molecule has 1 unspecified atom stereocenters. The number of anilines is 2. The van der Waals surface area contributed by atoms with E-state index in [0.29, 0.717) is 16.9 Å². The number of hydrogen-bond donors (Lipinski definition) is 1. The van der Waals surface area contributed by atoms with Crippen molar-refractivity contribution in [1.29, 1.82) is 0 Å². The second kappa shape index (κ2) is 11.5. The van der Waals surface area contributed by atoms with E-state index in [1.54, 1.807) is 12.1 Å². The van der Waals surface area contributed by atoms with Crippen molar-refractivity contribution in [2.24, 2.45) is 0 Å². The van der Waals surface area contributed by atoms with Gasteiger partial charge < -0.3 is 20.1 Å². The summed E-state index contributed by atoms with van der Waals surface area (Å²) in [6.45, 7) is 3.69. The second-order valence-electron chi connectivity index (χ2n) is 8.91. The summed E-state index contributed by atoms with van der Waals surface area (Å²) >= 11 is 0. The van der Waals surface area contributed by atoms with E-state index in [-0.39, 0.29) is 12.5 Å². The van der Waals surface area contributed by atoms with Gasteiger partial charge in [0.15, 0.2) is 0 Å². The first-order chi connectivity index (χ1) is 17.9. The van der Waals surface area contributed by atoms with Gasteiger partial charge in [0.1, 0.15) is 20.1 Å². The van der Waals surface area contributed by atoms with Gasteiger partial charge in [-0.25, -0.2) is 9.78 Å². The fourth-order valence-corrected chi connectivity index (χ4v) is 3.88. The van der Waals surface area contributed by atoms with Crippen molar-refractivity contribution < 1.29 is 14.3 Å². The van der Waals surface area contributed by atoms with E-state index in [2.05, 4.69) is 6.58 Å². The smallest absolute Gasteiger partial charge is 0.352 e. The molecule has 0 fully saturated rings. The molecule has 0 aliphatic heterocycles. The van der Waals surface area contributed by atoms with Gasteiger partial charge in [0.25, 0.3) is 0 Å². The quantitative estimate of drug-likeness (QED) is 0.215. The van der Waals surface area contributed by atoms with Gasteiger partial charge >= 0.3 is 5.97 Å². The van der Waals surface area contributed by atoms with E-state index in [1.807, 2.05) is 99.6 Å². The third kappa shape index (κ3) is 6.01. The van der Waals surface area contributed by atoms with Gasteiger partial charge in [-0.2, -0.15) is 0 Å². The molecule has 1 atom stereocenters. The van der Waals surface area contributed by atoms with Crippen molar-refractivity contribution >= 4 is 30.7 Å². The zero-order valence-electron chi connectivity index (χ0n) is 21.3. The Balaban J connectivity index is 1.83. The monoisotopic (exact) mass is 491 g/mol. The Morgan fingerprint density at radius 1 is 1.03 bits per heavy atom. The van der Waals surface area contributed by atoms with Crippen molar-refractivity contribution in [3.8, 4) is 28.3 Å². The molecule has 186 valence electrons. The number of nitrogen functional groups attached to an aromatic ring is 1. The molecule has 0 saturated carbocycles. The molecule has 1 heterocycles. The molecular formula is C30H30BN3O3. The maximum Gasteiger partial charge on any atom is 0.352 e. The first-order valence-electron chi connectivity index (χ1n) is 12.0. The normalized spacial score (nSPS) is 11.4. The van der Waals surface area contributed by atoms with Crippen molar-refractivity contribution in [2.75, 3.05) is 31.3 Å². The second-order valence-corrected chi connectivity index (χ2v) is 8.91. The summed E-state index contributed by atoms with van der Waals surface area (Å²) in [7, 11) is 6.02. The number of carbonyl (C=O) groups excluding carboxylic acids is 1. The standard InChI is InChI=1S/C30H30BN3O3/c1-4-18-36-30(35)28(22-8-6-5-7-9-22)37-29-27(32)25(20-12-16-24(17-13-20)34(2)3)19-26(33-29)21-10-14-23(31)15-11-21/h4-17,19,28H,1,18,31-32H2,2-3H3. The number of benzene rings is 3. The van der Waals surface area contributed by atoms with Crippen molar-refractivity contribution in [2.45, 2.75) is 6.10 Å². The molecule has 4 aromatic rings. The molecule has 0 bridgehead atoms. The average Bonchev–Trinajstić information content (AvgIpc) is 2.92. The minimum absolute atomic E-state index is 0.0708. The molecule has 0 saturated heterocycles. The summed E-state index contributed by atoms with van der Waals surface area (Å²) in [6, 6.07) is 27.2. The molecule has 7 heteroatoms. The minimum atomic E-state index is -1.05. The first-order valence-corrected chi connectivity index (χ1v) is 12.0. The topological polar surface area (TPSA) is 77.7 Å². The van der Waals surface area contributed by atoms with E-state index >= 15 is 0 Å². The van der Waals surface area contributed by atoms with E-state index in [1.165, 1.54) is 6.08 Å². The molecular weight excluding hydrogens is 461 g/mol. The Bertz CT molecular complexity index is 1370. The lowest BCUT2D eigenvalue weighted by atomic mass is 9.94. The summed E-state index contributed by atoms with van der Waals surface area (Å²) < 4.78 is 11.6. The largest absolute Gasteiger partial charge is 0.458 e. The third-order valence-corrected chi connectivity index (χ3v) is 5.95. The summed E-state index contributed by atoms with van der Waals surface area (Å²) in [5.41, 5.74) is 13.1. The molecule has 6 nitrogen and oxygen atoms in total. The number of aromatic nitrogens is 1. The van der Waals surface area contributed by atoms with Crippen molar-refractivity contribution in [3.05, 3.63) is 103 Å². The van der Waals surface area contributed by atoms with Crippen molar-refractivity contribution in [3.63, 3.8) is 0 Å². The highest BCUT2D eigenvalue weighted by Gasteiger charge is 2.27. The number of pyridine rings is 1. The molecule has 1 aromatic heterocycles. The maximum atomic E-state index is 13.0. The van der Waals surface area contributed by atoms with Gasteiger partial charge in [0, 0.05) is 36.5 Å². The molecule has 0 spiro atoms. The molecule has 0 aliphatic carbocycles. The fourth-order valence-electron chi connectivity index (χ4n) is 3.88. The number of hydrogen-bond acceptors (Lipinski definition) is 6. The van der Waals surface area contributed by atoms with Crippen LogP contribution in [0.3, 0.4) is 0 Å². The van der Waals surface area contributed by atoms with Gasteiger partial charge in [0.2, 0.25) is 12.0 Å². The Kier molecular flexibility index (Phi) is 7.94. The van der Waals surface area contributed by atoms with Crippen LogP contribution in [0.25, 0.3) is 22.4 Å². The van der Waals surface area contributed by atoms with Crippen LogP contribution in [0.15, 0.2) is 97.6 Å². The van der Waals surface area contributed by atoms with E-state index < -0.39 is 12.1 Å². The van der Waals surface area contributed by atoms with Gasteiger partial charge in [-0.15, -0.1) is 0 Å². The fraction of sp³-hybridized carbons (Fsp3) is 0.133. The Morgan fingerprint density at radius 3 is 2.30 bits per heavy atom. The molecule has 0 radical (unpaired) electrons. The molecule has 0 aliphatic rings. The number of esters is 1. The number of rotatable bonds is 9. The third-order valence-electron chi connectivity index (χ3n) is 5.95. The Hall–Kier alpha value is -4.52. The van der Waals surface area contributed by atoms with Crippen LogP contribution in [-0.2, 0) is 9.53 Å².